The van der Waals surface area contributed by atoms with Crippen molar-refractivity contribution in [2.75, 3.05) is 6.61 Å². The van der Waals surface area contributed by atoms with Gasteiger partial charge in [0.15, 0.2) is 12.7 Å². The van der Waals surface area contributed by atoms with Gasteiger partial charge in [0.2, 0.25) is 5.91 Å². The molecule has 24 heavy (non-hydrogen) atoms. The van der Waals surface area contributed by atoms with Crippen LogP contribution in [0.2, 0.25) is 0 Å². The zero-order valence-electron chi connectivity index (χ0n) is 14.6. The van der Waals surface area contributed by atoms with Crippen molar-refractivity contribution in [1.29, 1.82) is 0 Å². The predicted octanol–water partition coefficient (Wildman–Crippen LogP) is 1.46. The Morgan fingerprint density at radius 3 is 2.17 bits per heavy atom. The molecule has 0 saturated heterocycles. The molecule has 0 unspecified atom stereocenters. The van der Waals surface area contributed by atoms with E-state index in [4.69, 9.17) is 9.47 Å². The van der Waals surface area contributed by atoms with Gasteiger partial charge in [0.1, 0.15) is 5.75 Å². The first kappa shape index (κ1) is 19.5. The molecule has 0 aliphatic rings. The summed E-state index contributed by atoms with van der Waals surface area (Å²) >= 11 is 0. The quantitative estimate of drug-likeness (QED) is 0.627. The SMILES string of the molecule is CC(=O)NNC(=O)COC(=O)[C@H](C)Oc1ccc(C(C)(C)C)cc1. The second-order valence-corrected chi connectivity index (χ2v) is 6.37. The monoisotopic (exact) mass is 336 g/mol. The Balaban J connectivity index is 2.46. The van der Waals surface area contributed by atoms with Gasteiger partial charge < -0.3 is 9.47 Å². The third-order valence-electron chi connectivity index (χ3n) is 3.09. The Labute approximate surface area is 141 Å². The molecule has 2 N–H and O–H groups in total. The van der Waals surface area contributed by atoms with Crippen LogP contribution in [0.5, 0.6) is 5.75 Å². The first-order chi connectivity index (χ1) is 11.1. The largest absolute Gasteiger partial charge is 0.479 e. The molecule has 0 saturated carbocycles. The number of esters is 1. The van der Waals surface area contributed by atoms with Crippen molar-refractivity contribution in [1.82, 2.24) is 10.9 Å². The number of rotatable bonds is 5. The smallest absolute Gasteiger partial charge is 0.347 e. The van der Waals surface area contributed by atoms with Crippen LogP contribution >= 0.6 is 0 Å². The number of hydrogen-bond acceptors (Lipinski definition) is 5. The van der Waals surface area contributed by atoms with Crippen LogP contribution in [-0.4, -0.2) is 30.5 Å². The maximum atomic E-state index is 11.8. The summed E-state index contributed by atoms with van der Waals surface area (Å²) in [6, 6.07) is 7.45. The number of amides is 2. The van der Waals surface area contributed by atoms with Crippen molar-refractivity contribution < 1.29 is 23.9 Å². The van der Waals surface area contributed by atoms with Crippen LogP contribution in [-0.2, 0) is 24.5 Å². The van der Waals surface area contributed by atoms with Gasteiger partial charge in [0.05, 0.1) is 0 Å². The number of benzene rings is 1. The Kier molecular flexibility index (Phi) is 6.76. The fraction of sp³-hybridized carbons (Fsp3) is 0.471. The molecule has 0 aliphatic carbocycles. The van der Waals surface area contributed by atoms with Crippen molar-refractivity contribution in [2.45, 2.75) is 46.1 Å². The number of nitrogens with one attached hydrogen (secondary N) is 2. The summed E-state index contributed by atoms with van der Waals surface area (Å²) in [5.74, 6) is -1.20. The highest BCUT2D eigenvalue weighted by Gasteiger charge is 2.19. The third-order valence-corrected chi connectivity index (χ3v) is 3.09. The van der Waals surface area contributed by atoms with Crippen LogP contribution in [0.4, 0.5) is 0 Å². The highest BCUT2D eigenvalue weighted by molar-refractivity contribution is 5.84. The maximum Gasteiger partial charge on any atom is 0.347 e. The average molecular weight is 336 g/mol. The van der Waals surface area contributed by atoms with Crippen molar-refractivity contribution in [2.24, 2.45) is 0 Å². The van der Waals surface area contributed by atoms with Crippen LogP contribution in [0.1, 0.15) is 40.2 Å². The lowest BCUT2D eigenvalue weighted by atomic mass is 9.87. The molecule has 1 atom stereocenters. The summed E-state index contributed by atoms with van der Waals surface area (Å²) < 4.78 is 10.3. The van der Waals surface area contributed by atoms with E-state index in [0.29, 0.717) is 5.75 Å². The summed E-state index contributed by atoms with van der Waals surface area (Å²) in [7, 11) is 0. The number of hydrazine groups is 1. The van der Waals surface area contributed by atoms with Gasteiger partial charge in [-0.05, 0) is 30.0 Å². The zero-order valence-corrected chi connectivity index (χ0v) is 14.6. The summed E-state index contributed by atoms with van der Waals surface area (Å²) in [5, 5.41) is 0. The highest BCUT2D eigenvalue weighted by atomic mass is 16.6. The molecular formula is C17H24N2O5. The van der Waals surface area contributed by atoms with Crippen LogP contribution in [0.15, 0.2) is 24.3 Å². The number of ether oxygens (including phenoxy) is 2. The molecule has 132 valence electrons. The third kappa shape index (κ3) is 6.68. The van der Waals surface area contributed by atoms with Crippen molar-refractivity contribution in [3.63, 3.8) is 0 Å². The molecule has 7 nitrogen and oxygen atoms in total. The van der Waals surface area contributed by atoms with Gasteiger partial charge >= 0.3 is 5.97 Å². The van der Waals surface area contributed by atoms with Crippen molar-refractivity contribution in [3.05, 3.63) is 29.8 Å². The van der Waals surface area contributed by atoms with Gasteiger partial charge in [0, 0.05) is 6.92 Å². The normalized spacial score (nSPS) is 12.0. The zero-order chi connectivity index (χ0) is 18.3. The highest BCUT2D eigenvalue weighted by Crippen LogP contribution is 2.24. The van der Waals surface area contributed by atoms with E-state index in [-0.39, 0.29) is 5.41 Å². The Hall–Kier alpha value is -2.57. The summed E-state index contributed by atoms with van der Waals surface area (Å²) in [5.41, 5.74) is 5.37. The second-order valence-electron chi connectivity index (χ2n) is 6.37. The average Bonchev–Trinajstić information content (AvgIpc) is 2.50. The van der Waals surface area contributed by atoms with Gasteiger partial charge in [-0.1, -0.05) is 32.9 Å². The van der Waals surface area contributed by atoms with E-state index in [2.05, 4.69) is 31.6 Å². The van der Waals surface area contributed by atoms with E-state index in [1.165, 1.54) is 13.8 Å². The molecule has 0 aromatic heterocycles. The number of carbonyl (C=O) groups excluding carboxylic acids is 3. The predicted molar refractivity (Wildman–Crippen MR) is 88.2 cm³/mol. The van der Waals surface area contributed by atoms with E-state index in [1.54, 1.807) is 12.1 Å². The van der Waals surface area contributed by atoms with Crippen molar-refractivity contribution in [3.8, 4) is 5.75 Å². The molecule has 0 radical (unpaired) electrons. The fourth-order valence-electron chi connectivity index (χ4n) is 1.73. The molecular weight excluding hydrogens is 312 g/mol. The minimum Gasteiger partial charge on any atom is -0.479 e. The standard InChI is InChI=1S/C17H24N2O5/c1-11(16(22)23-10-15(21)19-18-12(2)20)24-14-8-6-13(7-9-14)17(3,4)5/h6-9,11H,10H2,1-5H3,(H,18,20)(H,19,21)/t11-/m0/s1. The summed E-state index contributed by atoms with van der Waals surface area (Å²) in [6.45, 7) is 8.59. The lowest BCUT2D eigenvalue weighted by molar-refractivity contribution is -0.155. The van der Waals surface area contributed by atoms with Crippen LogP contribution in [0.25, 0.3) is 0 Å². The molecule has 0 bridgehead atoms. The van der Waals surface area contributed by atoms with Crippen LogP contribution < -0.4 is 15.6 Å². The van der Waals surface area contributed by atoms with Crippen LogP contribution in [0, 0.1) is 0 Å². The molecule has 0 aliphatic heterocycles. The molecule has 0 fully saturated rings. The Morgan fingerprint density at radius 1 is 1.08 bits per heavy atom. The lowest BCUT2D eigenvalue weighted by Crippen LogP contribution is -2.43. The van der Waals surface area contributed by atoms with E-state index >= 15 is 0 Å². The molecule has 1 aromatic rings. The minimum atomic E-state index is -0.862. The van der Waals surface area contributed by atoms with Crippen molar-refractivity contribution >= 4 is 17.8 Å². The van der Waals surface area contributed by atoms with E-state index in [9.17, 15) is 14.4 Å². The molecule has 2 amide bonds. The molecule has 7 heteroatoms. The molecule has 1 rings (SSSR count). The van der Waals surface area contributed by atoms with Gasteiger partial charge in [-0.2, -0.15) is 0 Å². The Bertz CT molecular complexity index is 590. The molecule has 1 aromatic carbocycles. The van der Waals surface area contributed by atoms with E-state index in [0.717, 1.165) is 5.56 Å². The summed E-state index contributed by atoms with van der Waals surface area (Å²) in [6.07, 6.45) is -0.862. The number of carbonyl (C=O) groups is 3. The fourth-order valence-corrected chi connectivity index (χ4v) is 1.73. The molecule has 0 spiro atoms. The second kappa shape index (κ2) is 8.33. The van der Waals surface area contributed by atoms with Gasteiger partial charge in [-0.3, -0.25) is 20.4 Å². The van der Waals surface area contributed by atoms with Crippen LogP contribution in [0.3, 0.4) is 0 Å². The minimum absolute atomic E-state index is 0.0321. The number of hydrogen-bond donors (Lipinski definition) is 2. The van der Waals surface area contributed by atoms with Gasteiger partial charge in [-0.25, -0.2) is 4.79 Å². The molecule has 0 heterocycles. The van der Waals surface area contributed by atoms with E-state index in [1.807, 2.05) is 12.1 Å². The van der Waals surface area contributed by atoms with E-state index < -0.39 is 30.5 Å². The van der Waals surface area contributed by atoms with Gasteiger partial charge in [0.25, 0.3) is 5.91 Å². The topological polar surface area (TPSA) is 93.7 Å². The Morgan fingerprint density at radius 2 is 1.67 bits per heavy atom. The lowest BCUT2D eigenvalue weighted by Gasteiger charge is -2.20. The first-order valence-electron chi connectivity index (χ1n) is 7.59. The first-order valence-corrected chi connectivity index (χ1v) is 7.59. The maximum absolute atomic E-state index is 11.8. The van der Waals surface area contributed by atoms with Gasteiger partial charge in [-0.15, -0.1) is 0 Å². The summed E-state index contributed by atoms with van der Waals surface area (Å²) in [4.78, 5) is 33.8.